The Morgan fingerprint density at radius 3 is 2.64 bits per heavy atom. The van der Waals surface area contributed by atoms with Crippen LogP contribution in [0.15, 0.2) is 18.2 Å². The molecule has 1 aliphatic heterocycles. The smallest absolute Gasteiger partial charge is 0.119 e. The SMILES string of the molecule is CN1CCN(CCOCCOc2ccc3c(c2)CCC3)CC1. The molecule has 0 bridgehead atoms. The Hall–Kier alpha value is -1.10. The zero-order valence-electron chi connectivity index (χ0n) is 13.7. The van der Waals surface area contributed by atoms with Crippen LogP contribution in [0.5, 0.6) is 5.75 Å². The molecule has 0 aromatic heterocycles. The Morgan fingerprint density at radius 2 is 1.77 bits per heavy atom. The van der Waals surface area contributed by atoms with Gasteiger partial charge in [0.25, 0.3) is 0 Å². The van der Waals surface area contributed by atoms with Gasteiger partial charge < -0.3 is 14.4 Å². The molecule has 0 unspecified atom stereocenters. The minimum absolute atomic E-state index is 0.640. The predicted octanol–water partition coefficient (Wildman–Crippen LogP) is 1.82. The van der Waals surface area contributed by atoms with E-state index in [1.807, 2.05) is 0 Å². The van der Waals surface area contributed by atoms with E-state index >= 15 is 0 Å². The molecular formula is C18H28N2O2. The van der Waals surface area contributed by atoms with Crippen LogP contribution >= 0.6 is 0 Å². The summed E-state index contributed by atoms with van der Waals surface area (Å²) in [7, 11) is 2.18. The summed E-state index contributed by atoms with van der Waals surface area (Å²) in [5.74, 6) is 0.989. The summed E-state index contributed by atoms with van der Waals surface area (Å²) in [6.07, 6.45) is 3.72. The highest BCUT2D eigenvalue weighted by Gasteiger charge is 2.13. The lowest BCUT2D eigenvalue weighted by molar-refractivity contribution is 0.0658. The van der Waals surface area contributed by atoms with Crippen molar-refractivity contribution in [2.75, 3.05) is 59.6 Å². The van der Waals surface area contributed by atoms with E-state index in [-0.39, 0.29) is 0 Å². The highest BCUT2D eigenvalue weighted by Crippen LogP contribution is 2.25. The molecule has 3 rings (SSSR count). The quantitative estimate of drug-likeness (QED) is 0.718. The molecule has 0 atom stereocenters. The lowest BCUT2D eigenvalue weighted by atomic mass is 10.1. The standard InChI is InChI=1S/C18H28N2O2/c1-19-7-9-20(10-8-19)11-12-21-13-14-22-18-6-5-16-3-2-4-17(16)15-18/h5-6,15H,2-4,7-14H2,1H3. The van der Waals surface area contributed by atoms with Crippen molar-refractivity contribution >= 4 is 0 Å². The summed E-state index contributed by atoms with van der Waals surface area (Å²) >= 11 is 0. The molecule has 1 saturated heterocycles. The summed E-state index contributed by atoms with van der Waals surface area (Å²) in [5, 5.41) is 0. The van der Waals surface area contributed by atoms with E-state index in [2.05, 4.69) is 35.0 Å². The second-order valence-corrected chi connectivity index (χ2v) is 6.39. The van der Waals surface area contributed by atoms with Crippen molar-refractivity contribution in [3.63, 3.8) is 0 Å². The fraction of sp³-hybridized carbons (Fsp3) is 0.667. The third kappa shape index (κ3) is 4.45. The number of ether oxygens (including phenoxy) is 2. The number of hydrogen-bond acceptors (Lipinski definition) is 4. The Labute approximate surface area is 134 Å². The van der Waals surface area contributed by atoms with Gasteiger partial charge in [-0.15, -0.1) is 0 Å². The van der Waals surface area contributed by atoms with Gasteiger partial charge in [0.15, 0.2) is 0 Å². The number of piperazine rings is 1. The lowest BCUT2D eigenvalue weighted by Gasteiger charge is -2.32. The molecule has 0 radical (unpaired) electrons. The number of fused-ring (bicyclic) bond motifs is 1. The number of benzene rings is 1. The molecule has 1 aromatic carbocycles. The largest absolute Gasteiger partial charge is 0.491 e. The van der Waals surface area contributed by atoms with Crippen molar-refractivity contribution in [1.29, 1.82) is 0 Å². The second-order valence-electron chi connectivity index (χ2n) is 6.39. The van der Waals surface area contributed by atoms with E-state index in [4.69, 9.17) is 9.47 Å². The minimum atomic E-state index is 0.640. The maximum Gasteiger partial charge on any atom is 0.119 e. The third-order valence-corrected chi connectivity index (χ3v) is 4.71. The van der Waals surface area contributed by atoms with Gasteiger partial charge in [0.05, 0.1) is 13.2 Å². The Balaban J connectivity index is 1.26. The number of aryl methyl sites for hydroxylation is 2. The maximum absolute atomic E-state index is 5.79. The average molecular weight is 304 g/mol. The van der Waals surface area contributed by atoms with Gasteiger partial charge in [-0.3, -0.25) is 4.90 Å². The van der Waals surface area contributed by atoms with Gasteiger partial charge in [-0.05, 0) is 49.6 Å². The molecule has 1 fully saturated rings. The molecule has 4 nitrogen and oxygen atoms in total. The molecule has 0 spiro atoms. The number of likely N-dealkylation sites (N-methyl/N-ethyl adjacent to an activating group) is 1. The highest BCUT2D eigenvalue weighted by molar-refractivity contribution is 5.38. The molecule has 1 aromatic rings. The molecule has 4 heteroatoms. The zero-order valence-corrected chi connectivity index (χ0v) is 13.7. The molecular weight excluding hydrogens is 276 g/mol. The third-order valence-electron chi connectivity index (χ3n) is 4.71. The fourth-order valence-corrected chi connectivity index (χ4v) is 3.22. The van der Waals surface area contributed by atoms with Crippen LogP contribution in [0.2, 0.25) is 0 Å². The number of hydrogen-bond donors (Lipinski definition) is 0. The van der Waals surface area contributed by atoms with Gasteiger partial charge in [-0.1, -0.05) is 6.07 Å². The van der Waals surface area contributed by atoms with Gasteiger partial charge in [-0.25, -0.2) is 0 Å². The van der Waals surface area contributed by atoms with Crippen molar-refractivity contribution in [3.8, 4) is 5.75 Å². The molecule has 22 heavy (non-hydrogen) atoms. The Bertz CT molecular complexity index is 470. The monoisotopic (exact) mass is 304 g/mol. The van der Waals surface area contributed by atoms with Crippen LogP contribution in [0.4, 0.5) is 0 Å². The van der Waals surface area contributed by atoms with Crippen LogP contribution < -0.4 is 4.74 Å². The molecule has 2 aliphatic rings. The van der Waals surface area contributed by atoms with Crippen molar-refractivity contribution in [3.05, 3.63) is 29.3 Å². The van der Waals surface area contributed by atoms with Crippen LogP contribution in [0.1, 0.15) is 17.5 Å². The van der Waals surface area contributed by atoms with Gasteiger partial charge in [-0.2, -0.15) is 0 Å². The van der Waals surface area contributed by atoms with Gasteiger partial charge in [0.1, 0.15) is 12.4 Å². The van der Waals surface area contributed by atoms with Crippen LogP contribution in [-0.2, 0) is 17.6 Å². The van der Waals surface area contributed by atoms with E-state index in [0.29, 0.717) is 13.2 Å². The first-order chi connectivity index (χ1) is 10.8. The van der Waals surface area contributed by atoms with Crippen molar-refractivity contribution in [2.45, 2.75) is 19.3 Å². The molecule has 1 aliphatic carbocycles. The predicted molar refractivity (Wildman–Crippen MR) is 88.7 cm³/mol. The normalized spacial score (nSPS) is 19.3. The minimum Gasteiger partial charge on any atom is -0.491 e. The molecule has 1 heterocycles. The van der Waals surface area contributed by atoms with E-state index in [0.717, 1.165) is 32.0 Å². The molecule has 0 saturated carbocycles. The number of nitrogens with zero attached hydrogens (tertiary/aromatic N) is 2. The van der Waals surface area contributed by atoms with Crippen molar-refractivity contribution < 1.29 is 9.47 Å². The number of rotatable bonds is 7. The van der Waals surface area contributed by atoms with Crippen molar-refractivity contribution in [1.82, 2.24) is 9.80 Å². The topological polar surface area (TPSA) is 24.9 Å². The molecule has 122 valence electrons. The van der Waals surface area contributed by atoms with E-state index in [9.17, 15) is 0 Å². The first kappa shape index (κ1) is 15.8. The van der Waals surface area contributed by atoms with Gasteiger partial charge in [0.2, 0.25) is 0 Å². The Kier molecular flexibility index (Phi) is 5.70. The highest BCUT2D eigenvalue weighted by atomic mass is 16.5. The summed E-state index contributed by atoms with van der Waals surface area (Å²) in [6.45, 7) is 7.80. The average Bonchev–Trinajstić information content (AvgIpc) is 3.00. The maximum atomic E-state index is 5.79. The van der Waals surface area contributed by atoms with E-state index in [1.165, 1.54) is 43.5 Å². The van der Waals surface area contributed by atoms with E-state index < -0.39 is 0 Å². The van der Waals surface area contributed by atoms with Crippen molar-refractivity contribution in [2.24, 2.45) is 0 Å². The van der Waals surface area contributed by atoms with Gasteiger partial charge in [0, 0.05) is 32.7 Å². The van der Waals surface area contributed by atoms with Gasteiger partial charge >= 0.3 is 0 Å². The first-order valence-corrected chi connectivity index (χ1v) is 8.54. The molecule has 0 amide bonds. The summed E-state index contributed by atoms with van der Waals surface area (Å²) in [4.78, 5) is 4.85. The summed E-state index contributed by atoms with van der Waals surface area (Å²) in [5.41, 5.74) is 2.96. The summed E-state index contributed by atoms with van der Waals surface area (Å²) in [6, 6.07) is 6.51. The van der Waals surface area contributed by atoms with Crippen LogP contribution in [0, 0.1) is 0 Å². The lowest BCUT2D eigenvalue weighted by Crippen LogP contribution is -2.45. The van der Waals surface area contributed by atoms with Crippen LogP contribution in [0.3, 0.4) is 0 Å². The zero-order chi connectivity index (χ0) is 15.2. The molecule has 0 N–H and O–H groups in total. The second kappa shape index (κ2) is 7.95. The fourth-order valence-electron chi connectivity index (χ4n) is 3.22. The first-order valence-electron chi connectivity index (χ1n) is 8.54. The Morgan fingerprint density at radius 1 is 0.955 bits per heavy atom. The van der Waals surface area contributed by atoms with E-state index in [1.54, 1.807) is 0 Å². The van der Waals surface area contributed by atoms with Crippen LogP contribution in [0.25, 0.3) is 0 Å². The summed E-state index contributed by atoms with van der Waals surface area (Å²) < 4.78 is 11.5. The van der Waals surface area contributed by atoms with Crippen LogP contribution in [-0.4, -0.2) is 69.4 Å².